The second kappa shape index (κ2) is 7.77. The number of aryl methyl sites for hydroxylation is 1. The third-order valence-corrected chi connectivity index (χ3v) is 6.99. The van der Waals surface area contributed by atoms with Crippen molar-refractivity contribution in [3.63, 3.8) is 0 Å². The van der Waals surface area contributed by atoms with Crippen LogP contribution in [-0.2, 0) is 6.42 Å². The van der Waals surface area contributed by atoms with Gasteiger partial charge in [-0.15, -0.1) is 0 Å². The molecule has 4 aromatic rings. The fraction of sp³-hybridized carbons (Fsp3) is 0.240. The van der Waals surface area contributed by atoms with Gasteiger partial charge in [-0.25, -0.2) is 19.2 Å². The second-order valence-corrected chi connectivity index (χ2v) is 9.09. The summed E-state index contributed by atoms with van der Waals surface area (Å²) in [6.45, 7) is 1.75. The average Bonchev–Trinajstić information content (AvgIpc) is 3.34. The molecule has 34 heavy (non-hydrogen) atoms. The smallest absolute Gasteiger partial charge is 0.322 e. The summed E-state index contributed by atoms with van der Waals surface area (Å²) in [5.74, 6) is -0.554. The van der Waals surface area contributed by atoms with Crippen molar-refractivity contribution in [2.75, 3.05) is 5.32 Å². The molecular formula is C25H19ClF2N4O2. The number of carbonyl (C=O) groups is 1. The van der Waals surface area contributed by atoms with E-state index in [4.69, 9.17) is 16.0 Å². The van der Waals surface area contributed by atoms with E-state index in [1.165, 1.54) is 18.3 Å². The Kier molecular flexibility index (Phi) is 4.81. The zero-order valence-corrected chi connectivity index (χ0v) is 18.9. The molecule has 6 rings (SSSR count). The van der Waals surface area contributed by atoms with Crippen molar-refractivity contribution in [2.24, 2.45) is 0 Å². The average molecular weight is 481 g/mol. The molecule has 4 heterocycles. The highest BCUT2D eigenvalue weighted by atomic mass is 35.5. The molecule has 172 valence electrons. The van der Waals surface area contributed by atoms with Gasteiger partial charge in [-0.3, -0.25) is 0 Å². The monoisotopic (exact) mass is 480 g/mol. The number of benzene rings is 2. The fourth-order valence-electron chi connectivity index (χ4n) is 5.18. The standard InChI is InChI=1S/C25H19ClF2N4O2/c1-12-30-21-8-13(2-5-23(21)34-12)16-10-19(27)20(11-18(16)26)31-25(33)32-14-3-4-22(32)15-6-7-29-24(28)17(15)9-14/h2,5-8,10-11,14,22H,3-4,9H2,1H3,(H,31,33)/t14-,22+/m0/s1. The highest BCUT2D eigenvalue weighted by Gasteiger charge is 2.43. The number of halogens is 3. The number of aromatic nitrogens is 2. The summed E-state index contributed by atoms with van der Waals surface area (Å²) < 4.78 is 34.7. The Labute approximate surface area is 198 Å². The highest BCUT2D eigenvalue weighted by Crippen LogP contribution is 2.44. The number of nitrogens with one attached hydrogen (secondary N) is 1. The summed E-state index contributed by atoms with van der Waals surface area (Å²) in [5.41, 5.74) is 3.77. The molecule has 2 aliphatic rings. The third-order valence-electron chi connectivity index (χ3n) is 6.68. The third kappa shape index (κ3) is 3.32. The number of urea groups is 1. The topological polar surface area (TPSA) is 71.3 Å². The summed E-state index contributed by atoms with van der Waals surface area (Å²) in [6.07, 6.45) is 3.28. The van der Waals surface area contributed by atoms with E-state index in [0.29, 0.717) is 40.1 Å². The number of hydrogen-bond donors (Lipinski definition) is 1. The molecule has 9 heteroatoms. The Hall–Kier alpha value is -3.52. The van der Waals surface area contributed by atoms with Crippen LogP contribution >= 0.6 is 11.6 Å². The van der Waals surface area contributed by atoms with Gasteiger partial charge in [0.1, 0.15) is 11.3 Å². The first-order valence-corrected chi connectivity index (χ1v) is 11.4. The van der Waals surface area contributed by atoms with Gasteiger partial charge in [-0.05, 0) is 60.7 Å². The number of amides is 2. The maximum absolute atomic E-state index is 15.1. The predicted octanol–water partition coefficient (Wildman–Crippen LogP) is 6.42. The summed E-state index contributed by atoms with van der Waals surface area (Å²) >= 11 is 6.49. The maximum Gasteiger partial charge on any atom is 0.322 e. The Morgan fingerprint density at radius 1 is 1.21 bits per heavy atom. The van der Waals surface area contributed by atoms with Crippen molar-refractivity contribution in [2.45, 2.75) is 38.3 Å². The van der Waals surface area contributed by atoms with Gasteiger partial charge in [0.15, 0.2) is 11.5 Å². The van der Waals surface area contributed by atoms with Crippen molar-refractivity contribution in [1.82, 2.24) is 14.9 Å². The summed E-state index contributed by atoms with van der Waals surface area (Å²) in [4.78, 5) is 22.9. The first kappa shape index (κ1) is 21.0. The minimum Gasteiger partial charge on any atom is -0.441 e. The Bertz CT molecular complexity index is 1470. The number of carbonyl (C=O) groups excluding carboxylic acids is 1. The Morgan fingerprint density at radius 3 is 2.91 bits per heavy atom. The molecule has 2 aromatic carbocycles. The normalized spacial score (nSPS) is 18.9. The quantitative estimate of drug-likeness (QED) is 0.336. The predicted molar refractivity (Wildman–Crippen MR) is 124 cm³/mol. The van der Waals surface area contributed by atoms with Gasteiger partial charge in [-0.2, -0.15) is 4.39 Å². The molecule has 0 radical (unpaired) electrons. The van der Waals surface area contributed by atoms with Crippen LogP contribution in [0.15, 0.2) is 47.0 Å². The molecule has 1 fully saturated rings. The number of oxazole rings is 1. The van der Waals surface area contributed by atoms with E-state index < -0.39 is 17.8 Å². The fourth-order valence-corrected chi connectivity index (χ4v) is 5.45. The number of anilines is 1. The molecule has 0 unspecified atom stereocenters. The second-order valence-electron chi connectivity index (χ2n) is 8.69. The zero-order valence-electron chi connectivity index (χ0n) is 18.1. The van der Waals surface area contributed by atoms with Crippen LogP contribution < -0.4 is 5.32 Å². The molecule has 2 atom stereocenters. The van der Waals surface area contributed by atoms with E-state index in [1.807, 2.05) is 0 Å². The van der Waals surface area contributed by atoms with Crippen LogP contribution in [0.4, 0.5) is 19.3 Å². The maximum atomic E-state index is 15.1. The van der Waals surface area contributed by atoms with Crippen molar-refractivity contribution >= 4 is 34.4 Å². The number of fused-ring (bicyclic) bond motifs is 5. The van der Waals surface area contributed by atoms with Crippen molar-refractivity contribution in [3.05, 3.63) is 76.4 Å². The first-order chi connectivity index (χ1) is 16.4. The molecule has 2 amide bonds. The lowest BCUT2D eigenvalue weighted by molar-refractivity contribution is 0.178. The van der Waals surface area contributed by atoms with Gasteiger partial charge in [-0.1, -0.05) is 17.7 Å². The lowest BCUT2D eigenvalue weighted by Crippen LogP contribution is -2.44. The molecule has 1 saturated heterocycles. The first-order valence-electron chi connectivity index (χ1n) is 11.0. The van der Waals surface area contributed by atoms with Gasteiger partial charge < -0.3 is 14.6 Å². The molecule has 0 saturated carbocycles. The molecular weight excluding hydrogens is 462 g/mol. The van der Waals surface area contributed by atoms with Crippen LogP contribution in [0.1, 0.15) is 35.9 Å². The van der Waals surface area contributed by atoms with Crippen molar-refractivity contribution < 1.29 is 18.0 Å². The van der Waals surface area contributed by atoms with Crippen molar-refractivity contribution in [1.29, 1.82) is 0 Å². The molecule has 0 spiro atoms. The number of pyridine rings is 1. The van der Waals surface area contributed by atoms with Crippen LogP contribution in [0.3, 0.4) is 0 Å². The largest absolute Gasteiger partial charge is 0.441 e. The van der Waals surface area contributed by atoms with Crippen LogP contribution in [0, 0.1) is 18.7 Å². The molecule has 2 bridgehead atoms. The van der Waals surface area contributed by atoms with E-state index in [-0.39, 0.29) is 22.8 Å². The van der Waals surface area contributed by atoms with Crippen LogP contribution in [0.25, 0.3) is 22.2 Å². The SMILES string of the molecule is Cc1nc2cc(-c3cc(F)c(NC(=O)N4[C@H]5CC[C@@H]4c4ccnc(F)c4C5)cc3Cl)ccc2o1. The van der Waals surface area contributed by atoms with Crippen LogP contribution in [-0.4, -0.2) is 26.9 Å². The number of nitrogens with zero attached hydrogens (tertiary/aromatic N) is 3. The summed E-state index contributed by atoms with van der Waals surface area (Å²) in [5, 5.41) is 2.96. The lowest BCUT2D eigenvalue weighted by Gasteiger charge is -2.36. The molecule has 2 aromatic heterocycles. The van der Waals surface area contributed by atoms with E-state index in [0.717, 1.165) is 18.4 Å². The Balaban J connectivity index is 1.28. The van der Waals surface area contributed by atoms with Crippen LogP contribution in [0.2, 0.25) is 5.02 Å². The summed E-state index contributed by atoms with van der Waals surface area (Å²) in [7, 11) is 0. The highest BCUT2D eigenvalue weighted by molar-refractivity contribution is 6.33. The van der Waals surface area contributed by atoms with Crippen molar-refractivity contribution in [3.8, 4) is 11.1 Å². The number of rotatable bonds is 2. The minimum atomic E-state index is -0.607. The molecule has 2 aliphatic heterocycles. The van der Waals surface area contributed by atoms with Gasteiger partial charge in [0, 0.05) is 30.3 Å². The van der Waals surface area contributed by atoms with E-state index in [9.17, 15) is 9.18 Å². The summed E-state index contributed by atoms with van der Waals surface area (Å²) in [6, 6.07) is 8.93. The molecule has 1 N–H and O–H groups in total. The van der Waals surface area contributed by atoms with Gasteiger partial charge in [0.05, 0.1) is 16.8 Å². The van der Waals surface area contributed by atoms with Gasteiger partial charge in [0.25, 0.3) is 0 Å². The Morgan fingerprint density at radius 2 is 2.06 bits per heavy atom. The minimum absolute atomic E-state index is 0.0109. The zero-order chi connectivity index (χ0) is 23.6. The van der Waals surface area contributed by atoms with E-state index in [2.05, 4.69) is 15.3 Å². The van der Waals surface area contributed by atoms with E-state index >= 15 is 4.39 Å². The molecule has 0 aliphatic carbocycles. The lowest BCUT2D eigenvalue weighted by atomic mass is 9.95. The van der Waals surface area contributed by atoms with Gasteiger partial charge >= 0.3 is 6.03 Å². The number of hydrogen-bond acceptors (Lipinski definition) is 4. The molecule has 6 nitrogen and oxygen atoms in total. The van der Waals surface area contributed by atoms with E-state index in [1.54, 1.807) is 36.1 Å². The van der Waals surface area contributed by atoms with Gasteiger partial charge in [0.2, 0.25) is 5.95 Å². The van der Waals surface area contributed by atoms with Crippen LogP contribution in [0.5, 0.6) is 0 Å².